The van der Waals surface area contributed by atoms with E-state index < -0.39 is 34.7 Å². The molecule has 0 radical (unpaired) electrons. The summed E-state index contributed by atoms with van der Waals surface area (Å²) in [4.78, 5) is 18.6. The lowest BCUT2D eigenvalue weighted by atomic mass is 9.57. The van der Waals surface area contributed by atoms with E-state index in [4.69, 9.17) is 4.74 Å². The standard InChI is InChI=1S/C41H43F2N11O2/c42-34-9-24(54-19-25(56-37(54)55)18-53-8-7-51-52-53)10-35(43)36(34)26-14-47-6-3-27(26)40(41-23-50-17-33(41)30(41)13-46,20-39-22-49-16-32(39)29(39)12-45)5-2-1-4-38-21-48-15-31(38)28(38)11-44/h3,6-10,14,25,28-33,48-50H,1-2,4-5,15-23H2/t25-,28?,29?,30?,31?,32?,33?,38?,39?,40?,41?/m0/s1. The number of hydrogen-bond donors (Lipinski definition) is 3. The first kappa shape index (κ1) is 35.4. The minimum atomic E-state index is -0.836. The van der Waals surface area contributed by atoms with Gasteiger partial charge in [-0.15, -0.1) is 5.10 Å². The molecule has 4 aliphatic heterocycles. The smallest absolute Gasteiger partial charge is 0.414 e. The molecule has 3 aromatic rings. The number of nitriles is 3. The van der Waals surface area contributed by atoms with E-state index in [1.165, 1.54) is 34.1 Å². The van der Waals surface area contributed by atoms with Crippen LogP contribution in [0.25, 0.3) is 11.1 Å². The topological polar surface area (TPSA) is 181 Å². The van der Waals surface area contributed by atoms with E-state index in [0.29, 0.717) is 44.0 Å². The van der Waals surface area contributed by atoms with Crippen LogP contribution >= 0.6 is 0 Å². The third kappa shape index (κ3) is 4.88. The summed E-state index contributed by atoms with van der Waals surface area (Å²) < 4.78 is 40.6. The number of hydrogen-bond acceptors (Lipinski definition) is 11. The molecule has 11 atom stereocenters. The number of pyridine rings is 1. The van der Waals surface area contributed by atoms with Gasteiger partial charge in [0.05, 0.1) is 66.5 Å². The number of carbonyl (C=O) groups is 1. The number of nitrogens with one attached hydrogen (secondary N) is 3. The van der Waals surface area contributed by atoms with Crippen LogP contribution in [0.1, 0.15) is 37.7 Å². The van der Waals surface area contributed by atoms with E-state index in [9.17, 15) is 20.6 Å². The van der Waals surface area contributed by atoms with Gasteiger partial charge in [-0.1, -0.05) is 18.1 Å². The fraction of sp³-hybridized carbons (Fsp3) is 0.585. The Labute approximate surface area is 323 Å². The number of piperidine rings is 3. The maximum Gasteiger partial charge on any atom is 0.414 e. The Morgan fingerprint density at radius 2 is 1.61 bits per heavy atom. The predicted molar refractivity (Wildman–Crippen MR) is 196 cm³/mol. The highest BCUT2D eigenvalue weighted by molar-refractivity contribution is 5.90. The molecule has 10 rings (SSSR count). The van der Waals surface area contributed by atoms with Gasteiger partial charge in [-0.25, -0.2) is 18.3 Å². The first-order valence-electron chi connectivity index (χ1n) is 19.8. The lowest BCUT2D eigenvalue weighted by Crippen LogP contribution is -2.45. The molecule has 7 fully saturated rings. The Kier molecular flexibility index (Phi) is 8.06. The van der Waals surface area contributed by atoms with Gasteiger partial charge in [-0.2, -0.15) is 15.8 Å². The Morgan fingerprint density at radius 3 is 2.29 bits per heavy atom. The van der Waals surface area contributed by atoms with Crippen molar-refractivity contribution in [3.05, 3.63) is 60.2 Å². The second-order valence-corrected chi connectivity index (χ2v) is 17.5. The molecular weight excluding hydrogens is 717 g/mol. The number of rotatable bonds is 13. The largest absolute Gasteiger partial charge is 0.442 e. The van der Waals surface area contributed by atoms with Crippen LogP contribution in [-0.2, 0) is 16.7 Å². The van der Waals surface area contributed by atoms with Gasteiger partial charge >= 0.3 is 6.09 Å². The van der Waals surface area contributed by atoms with Crippen LogP contribution in [0.2, 0.25) is 0 Å². The van der Waals surface area contributed by atoms with Crippen molar-refractivity contribution in [2.75, 3.05) is 50.7 Å². The van der Waals surface area contributed by atoms with E-state index in [2.05, 4.69) is 49.5 Å². The van der Waals surface area contributed by atoms with Crippen molar-refractivity contribution >= 4 is 11.8 Å². The second kappa shape index (κ2) is 12.8. The van der Waals surface area contributed by atoms with Crippen molar-refractivity contribution in [3.63, 3.8) is 0 Å². The highest BCUT2D eigenvalue weighted by Crippen LogP contribution is 2.77. The van der Waals surface area contributed by atoms with Crippen molar-refractivity contribution in [1.82, 2.24) is 35.9 Å². The molecule has 0 spiro atoms. The molecule has 4 saturated heterocycles. The lowest BCUT2D eigenvalue weighted by Gasteiger charge is -2.46. The third-order valence-electron chi connectivity index (χ3n) is 15.3. The molecule has 6 heterocycles. The zero-order valence-electron chi connectivity index (χ0n) is 30.9. The molecule has 0 bridgehead atoms. The first-order chi connectivity index (χ1) is 27.3. The van der Waals surface area contributed by atoms with Crippen LogP contribution in [0.15, 0.2) is 43.0 Å². The van der Waals surface area contributed by atoms with Gasteiger partial charge < -0.3 is 20.7 Å². The summed E-state index contributed by atoms with van der Waals surface area (Å²) in [6.45, 7) is 4.71. The SMILES string of the molecule is N#CC1C2CNCC12CCCCC(CC12CNCC1C2C#N)(c1ccncc1-c1c(F)cc(N2C[C@H](Cn3ccnn3)OC2=O)cc1F)C12CNCC1C2C#N. The number of fused-ring (bicyclic) bond motifs is 3. The molecule has 10 unspecified atom stereocenters. The Hall–Kier alpha value is -5.01. The summed E-state index contributed by atoms with van der Waals surface area (Å²) in [5.41, 5.74) is -0.701. The van der Waals surface area contributed by atoms with Gasteiger partial charge in [0.25, 0.3) is 0 Å². The molecule has 56 heavy (non-hydrogen) atoms. The quantitative estimate of drug-likeness (QED) is 0.215. The molecule has 3 N–H and O–H groups in total. The summed E-state index contributed by atoms with van der Waals surface area (Å²) in [5.74, 6) is -1.43. The number of carbonyl (C=O) groups excluding carboxylic acids is 1. The van der Waals surface area contributed by atoms with Crippen molar-refractivity contribution in [2.24, 2.45) is 51.8 Å². The fourth-order valence-electron chi connectivity index (χ4n) is 12.6. The number of nitrogens with zero attached hydrogens (tertiary/aromatic N) is 8. The molecule has 2 aromatic heterocycles. The number of unbranched alkanes of at least 4 members (excludes halogenated alkanes) is 1. The van der Waals surface area contributed by atoms with E-state index in [0.717, 1.165) is 44.5 Å². The Morgan fingerprint density at radius 1 is 0.911 bits per heavy atom. The molecule has 13 nitrogen and oxygen atoms in total. The lowest BCUT2D eigenvalue weighted by molar-refractivity contribution is 0.129. The van der Waals surface area contributed by atoms with Crippen LogP contribution in [0.5, 0.6) is 0 Å². The van der Waals surface area contributed by atoms with Crippen molar-refractivity contribution in [1.29, 1.82) is 15.8 Å². The molecule has 7 aliphatic rings. The number of benzene rings is 1. The maximum absolute atomic E-state index is 16.8. The average molecular weight is 760 g/mol. The van der Waals surface area contributed by atoms with E-state index >= 15 is 8.78 Å². The molecule has 3 saturated carbocycles. The zero-order valence-corrected chi connectivity index (χ0v) is 30.9. The van der Waals surface area contributed by atoms with Gasteiger partial charge in [0.15, 0.2) is 0 Å². The van der Waals surface area contributed by atoms with Crippen LogP contribution in [0.3, 0.4) is 0 Å². The van der Waals surface area contributed by atoms with E-state index in [1.807, 2.05) is 6.07 Å². The fourth-order valence-corrected chi connectivity index (χ4v) is 12.6. The minimum absolute atomic E-state index is 0.00253. The van der Waals surface area contributed by atoms with Gasteiger partial charge in [-0.05, 0) is 80.4 Å². The number of amides is 1. The summed E-state index contributed by atoms with van der Waals surface area (Å²) >= 11 is 0. The highest BCUT2D eigenvalue weighted by atomic mass is 19.1. The maximum atomic E-state index is 16.8. The molecule has 288 valence electrons. The van der Waals surface area contributed by atoms with Gasteiger partial charge in [0, 0.05) is 65.4 Å². The molecule has 1 aromatic carbocycles. The van der Waals surface area contributed by atoms with E-state index in [-0.39, 0.29) is 64.8 Å². The van der Waals surface area contributed by atoms with Crippen molar-refractivity contribution in [3.8, 4) is 29.3 Å². The van der Waals surface area contributed by atoms with Crippen LogP contribution < -0.4 is 20.9 Å². The first-order valence-corrected chi connectivity index (χ1v) is 19.8. The number of anilines is 1. The Balaban J connectivity index is 1.04. The summed E-state index contributed by atoms with van der Waals surface area (Å²) in [6.07, 6.45) is 8.93. The van der Waals surface area contributed by atoms with Crippen LogP contribution in [0.4, 0.5) is 19.3 Å². The number of halogens is 2. The monoisotopic (exact) mass is 759 g/mol. The van der Waals surface area contributed by atoms with Crippen LogP contribution in [-0.4, -0.2) is 78.0 Å². The summed E-state index contributed by atoms with van der Waals surface area (Å²) in [6, 6.07) is 12.0. The molecular formula is C41H43F2N11O2. The summed E-state index contributed by atoms with van der Waals surface area (Å²) in [5, 5.41) is 49.3. The van der Waals surface area contributed by atoms with Crippen molar-refractivity contribution in [2.45, 2.75) is 50.2 Å². The second-order valence-electron chi connectivity index (χ2n) is 17.5. The third-order valence-corrected chi connectivity index (χ3v) is 15.3. The Bertz CT molecular complexity index is 2200. The summed E-state index contributed by atoms with van der Waals surface area (Å²) in [7, 11) is 0. The van der Waals surface area contributed by atoms with Crippen molar-refractivity contribution < 1.29 is 18.3 Å². The zero-order chi connectivity index (χ0) is 38.5. The normalized spacial score (nSPS) is 36.7. The number of aromatic nitrogens is 4. The highest BCUT2D eigenvalue weighted by Gasteiger charge is 2.80. The van der Waals surface area contributed by atoms with Crippen LogP contribution in [0, 0.1) is 97.4 Å². The molecule has 15 heteroatoms. The molecule has 3 aliphatic carbocycles. The number of cyclic esters (lactones) is 1. The predicted octanol–water partition coefficient (Wildman–Crippen LogP) is 3.91. The molecule has 1 amide bonds. The van der Waals surface area contributed by atoms with Gasteiger partial charge in [0.1, 0.15) is 17.7 Å². The average Bonchev–Trinajstić information content (AvgIpc) is 3.67. The van der Waals surface area contributed by atoms with E-state index in [1.54, 1.807) is 12.4 Å². The minimum Gasteiger partial charge on any atom is -0.442 e. The van der Waals surface area contributed by atoms with Gasteiger partial charge in [0.2, 0.25) is 0 Å². The number of ether oxygens (including phenoxy) is 1. The van der Waals surface area contributed by atoms with Gasteiger partial charge in [-0.3, -0.25) is 9.88 Å².